The zero-order valence-corrected chi connectivity index (χ0v) is 16.3. The van der Waals surface area contributed by atoms with Crippen LogP contribution in [0.4, 0.5) is 5.82 Å². The molecule has 4 N–H and O–H groups in total. The van der Waals surface area contributed by atoms with Crippen molar-refractivity contribution in [2.24, 2.45) is 0 Å². The fraction of sp³-hybridized carbons (Fsp3) is 0.174. The zero-order chi connectivity index (χ0) is 21.3. The van der Waals surface area contributed by atoms with Gasteiger partial charge in [0.15, 0.2) is 0 Å². The van der Waals surface area contributed by atoms with E-state index in [9.17, 15) is 19.8 Å². The summed E-state index contributed by atoms with van der Waals surface area (Å²) in [5.41, 5.74) is 1.95. The van der Waals surface area contributed by atoms with E-state index in [1.165, 1.54) is 6.07 Å². The molecule has 0 saturated carbocycles. The van der Waals surface area contributed by atoms with Crippen LogP contribution < -0.4 is 10.6 Å². The average Bonchev–Trinajstić information content (AvgIpc) is 2.76. The summed E-state index contributed by atoms with van der Waals surface area (Å²) in [7, 11) is 0. The molecule has 1 amide bonds. The molecule has 3 aromatic rings. The number of benzene rings is 2. The maximum Gasteiger partial charge on any atom is 0.326 e. The fourth-order valence-electron chi connectivity index (χ4n) is 3.09. The Hall–Kier alpha value is -3.87. The molecule has 0 bridgehead atoms. The Labute approximate surface area is 174 Å². The van der Waals surface area contributed by atoms with Gasteiger partial charge in [0.25, 0.3) is 5.91 Å². The third-order valence-electron chi connectivity index (χ3n) is 4.62. The number of phenols is 1. The first-order chi connectivity index (χ1) is 14.5. The fourth-order valence-corrected chi connectivity index (χ4v) is 3.09. The molecule has 1 aromatic heterocycles. The summed E-state index contributed by atoms with van der Waals surface area (Å²) >= 11 is 0. The molecule has 1 atom stereocenters. The average molecular weight is 405 g/mol. The van der Waals surface area contributed by atoms with Crippen molar-refractivity contribution in [3.63, 3.8) is 0 Å². The van der Waals surface area contributed by atoms with E-state index in [0.717, 1.165) is 16.9 Å². The van der Waals surface area contributed by atoms with E-state index in [0.29, 0.717) is 18.5 Å². The molecule has 1 heterocycles. The van der Waals surface area contributed by atoms with E-state index in [4.69, 9.17) is 0 Å². The van der Waals surface area contributed by atoms with E-state index in [-0.39, 0.29) is 12.2 Å². The zero-order valence-electron chi connectivity index (χ0n) is 16.3. The number of aromatic hydroxyl groups is 1. The number of phenolic OH excluding ortho intramolecular Hbond substituents is 1. The lowest BCUT2D eigenvalue weighted by Crippen LogP contribution is -2.42. The van der Waals surface area contributed by atoms with Crippen molar-refractivity contribution in [2.75, 3.05) is 11.9 Å². The highest BCUT2D eigenvalue weighted by Gasteiger charge is 2.22. The Bertz CT molecular complexity index is 994. The quantitative estimate of drug-likeness (QED) is 0.436. The van der Waals surface area contributed by atoms with Crippen LogP contribution in [0.25, 0.3) is 0 Å². The minimum absolute atomic E-state index is 0.104. The summed E-state index contributed by atoms with van der Waals surface area (Å²) < 4.78 is 0. The molecule has 154 valence electrons. The van der Waals surface area contributed by atoms with Gasteiger partial charge in [-0.05, 0) is 53.9 Å². The number of nitrogens with zero attached hydrogens (tertiary/aromatic N) is 1. The molecule has 7 heteroatoms. The number of aromatic nitrogens is 1. The van der Waals surface area contributed by atoms with Crippen LogP contribution in [-0.2, 0) is 17.6 Å². The van der Waals surface area contributed by atoms with Crippen LogP contribution in [0.3, 0.4) is 0 Å². The Balaban J connectivity index is 1.70. The van der Waals surface area contributed by atoms with Gasteiger partial charge in [-0.15, -0.1) is 0 Å². The molecule has 0 aliphatic rings. The Morgan fingerprint density at radius 3 is 2.43 bits per heavy atom. The van der Waals surface area contributed by atoms with Crippen molar-refractivity contribution >= 4 is 17.7 Å². The van der Waals surface area contributed by atoms with Crippen molar-refractivity contribution in [3.05, 3.63) is 89.6 Å². The number of nitrogens with one attached hydrogen (secondary N) is 2. The number of carboxylic acid groups (broad SMARTS) is 1. The molecule has 2 aromatic carbocycles. The third kappa shape index (κ3) is 5.81. The number of anilines is 1. The number of rotatable bonds is 9. The SMILES string of the molecule is O=C(NC(Cc1ccc(O)cc1CCNc1ccccn1)C(=O)O)c1ccccc1. The Kier molecular flexibility index (Phi) is 7.00. The molecule has 30 heavy (non-hydrogen) atoms. The predicted octanol–water partition coefficient (Wildman–Crippen LogP) is 2.87. The van der Waals surface area contributed by atoms with Crippen LogP contribution >= 0.6 is 0 Å². The topological polar surface area (TPSA) is 112 Å². The van der Waals surface area contributed by atoms with E-state index in [2.05, 4.69) is 15.6 Å². The van der Waals surface area contributed by atoms with Crippen molar-refractivity contribution in [3.8, 4) is 5.75 Å². The maximum absolute atomic E-state index is 12.4. The normalized spacial score (nSPS) is 11.5. The van der Waals surface area contributed by atoms with Gasteiger partial charge < -0.3 is 20.8 Å². The lowest BCUT2D eigenvalue weighted by molar-refractivity contribution is -0.139. The Morgan fingerprint density at radius 1 is 0.967 bits per heavy atom. The van der Waals surface area contributed by atoms with Crippen molar-refractivity contribution in [2.45, 2.75) is 18.9 Å². The number of aliphatic carboxylic acids is 1. The van der Waals surface area contributed by atoms with Crippen LogP contribution in [0.15, 0.2) is 72.9 Å². The molecule has 7 nitrogen and oxygen atoms in total. The summed E-state index contributed by atoms with van der Waals surface area (Å²) in [6.07, 6.45) is 2.35. The maximum atomic E-state index is 12.4. The van der Waals surface area contributed by atoms with Gasteiger partial charge in [0.2, 0.25) is 0 Å². The molecular formula is C23H23N3O4. The monoisotopic (exact) mass is 405 g/mol. The van der Waals surface area contributed by atoms with E-state index in [1.807, 2.05) is 18.2 Å². The molecule has 3 rings (SSSR count). The third-order valence-corrected chi connectivity index (χ3v) is 4.62. The number of amides is 1. The number of pyridine rings is 1. The van der Waals surface area contributed by atoms with Gasteiger partial charge in [0.05, 0.1) is 0 Å². The highest BCUT2D eigenvalue weighted by Crippen LogP contribution is 2.19. The lowest BCUT2D eigenvalue weighted by Gasteiger charge is -2.17. The molecule has 0 fully saturated rings. The van der Waals surface area contributed by atoms with Gasteiger partial charge in [-0.2, -0.15) is 0 Å². The standard InChI is InChI=1S/C23H23N3O4/c27-19-10-9-17(18(14-19)11-13-25-21-8-4-5-12-24-21)15-20(23(29)30)26-22(28)16-6-2-1-3-7-16/h1-10,12,14,20,27H,11,13,15H2,(H,24,25)(H,26,28)(H,29,30). The summed E-state index contributed by atoms with van der Waals surface area (Å²) in [6, 6.07) is 17.8. The van der Waals surface area contributed by atoms with E-state index >= 15 is 0 Å². The van der Waals surface area contributed by atoms with Gasteiger partial charge in [-0.3, -0.25) is 4.79 Å². The van der Waals surface area contributed by atoms with Gasteiger partial charge in [0.1, 0.15) is 17.6 Å². The number of carbonyl (C=O) groups is 2. The minimum Gasteiger partial charge on any atom is -0.508 e. The number of hydrogen-bond acceptors (Lipinski definition) is 5. The van der Waals surface area contributed by atoms with E-state index in [1.54, 1.807) is 48.7 Å². The van der Waals surface area contributed by atoms with Crippen molar-refractivity contribution < 1.29 is 19.8 Å². The highest BCUT2D eigenvalue weighted by molar-refractivity contribution is 5.96. The molecule has 0 spiro atoms. The van der Waals surface area contributed by atoms with Crippen molar-refractivity contribution in [1.29, 1.82) is 0 Å². The second-order valence-electron chi connectivity index (χ2n) is 6.78. The first-order valence-corrected chi connectivity index (χ1v) is 9.57. The Morgan fingerprint density at radius 2 is 1.73 bits per heavy atom. The van der Waals surface area contributed by atoms with Gasteiger partial charge in [-0.25, -0.2) is 9.78 Å². The van der Waals surface area contributed by atoms with Crippen LogP contribution in [0, 0.1) is 0 Å². The summed E-state index contributed by atoms with van der Waals surface area (Å²) in [5, 5.41) is 25.3. The first-order valence-electron chi connectivity index (χ1n) is 9.57. The molecule has 0 radical (unpaired) electrons. The summed E-state index contributed by atoms with van der Waals surface area (Å²) in [4.78, 5) is 28.3. The van der Waals surface area contributed by atoms with Gasteiger partial charge >= 0.3 is 5.97 Å². The van der Waals surface area contributed by atoms with Crippen LogP contribution in [0.5, 0.6) is 5.75 Å². The van der Waals surface area contributed by atoms with Crippen LogP contribution in [-0.4, -0.2) is 39.7 Å². The number of carboxylic acids is 1. The van der Waals surface area contributed by atoms with E-state index < -0.39 is 17.9 Å². The first kappa shape index (κ1) is 20.9. The van der Waals surface area contributed by atoms with Crippen LogP contribution in [0.1, 0.15) is 21.5 Å². The largest absolute Gasteiger partial charge is 0.508 e. The lowest BCUT2D eigenvalue weighted by atomic mass is 9.97. The molecule has 0 saturated heterocycles. The second kappa shape index (κ2) is 10.1. The smallest absolute Gasteiger partial charge is 0.326 e. The minimum atomic E-state index is -1.12. The van der Waals surface area contributed by atoms with Gasteiger partial charge in [-0.1, -0.05) is 30.3 Å². The summed E-state index contributed by atoms with van der Waals surface area (Å²) in [6.45, 7) is 0.557. The molecule has 1 unspecified atom stereocenters. The number of hydrogen-bond donors (Lipinski definition) is 4. The summed E-state index contributed by atoms with van der Waals surface area (Å²) in [5.74, 6) is -0.727. The molecule has 0 aliphatic carbocycles. The van der Waals surface area contributed by atoms with Crippen molar-refractivity contribution in [1.82, 2.24) is 10.3 Å². The number of carbonyl (C=O) groups excluding carboxylic acids is 1. The second-order valence-corrected chi connectivity index (χ2v) is 6.78. The molecule has 0 aliphatic heterocycles. The highest BCUT2D eigenvalue weighted by atomic mass is 16.4. The molecular weight excluding hydrogens is 382 g/mol. The van der Waals surface area contributed by atoms with Gasteiger partial charge in [0, 0.05) is 24.7 Å². The predicted molar refractivity (Wildman–Crippen MR) is 114 cm³/mol. The van der Waals surface area contributed by atoms with Crippen LogP contribution in [0.2, 0.25) is 0 Å².